The minimum Gasteiger partial charge on any atom is -0.376 e. The third kappa shape index (κ3) is 9.45. The number of nitrogens with one attached hydrogen (secondary N) is 1. The first-order valence-electron chi connectivity index (χ1n) is 12.6. The van der Waals surface area contributed by atoms with Crippen LogP contribution in [-0.2, 0) is 30.4 Å². The molecule has 0 radical (unpaired) electrons. The van der Waals surface area contributed by atoms with Gasteiger partial charge in [-0.2, -0.15) is 0 Å². The molecule has 196 valence electrons. The third-order valence-electron chi connectivity index (χ3n) is 6.33. The summed E-state index contributed by atoms with van der Waals surface area (Å²) in [6, 6.07) is 14.5. The molecule has 1 amide bonds. The van der Waals surface area contributed by atoms with E-state index in [0.717, 1.165) is 60.2 Å². The Hall–Kier alpha value is -2.40. The number of likely N-dealkylation sites (N-methyl/N-ethyl adjacent to an activating group) is 1. The van der Waals surface area contributed by atoms with Gasteiger partial charge in [-0.25, -0.2) is 0 Å². The maximum absolute atomic E-state index is 11.9. The van der Waals surface area contributed by atoms with Crippen LogP contribution in [0.3, 0.4) is 0 Å². The molecule has 0 aliphatic carbocycles. The molecule has 1 aliphatic rings. The number of ether oxygens (including phenoxy) is 2. The number of carbonyl (C=O) groups is 1. The van der Waals surface area contributed by atoms with Crippen molar-refractivity contribution in [1.29, 1.82) is 0 Å². The van der Waals surface area contributed by atoms with E-state index in [-0.39, 0.29) is 18.1 Å². The molecule has 1 saturated heterocycles. The first kappa shape index (κ1) is 29.2. The van der Waals surface area contributed by atoms with Gasteiger partial charge in [-0.1, -0.05) is 48.2 Å². The Morgan fingerprint density at radius 1 is 1.22 bits per heavy atom. The Morgan fingerprint density at radius 2 is 2.00 bits per heavy atom. The van der Waals surface area contributed by atoms with Gasteiger partial charge in [-0.3, -0.25) is 9.69 Å². The van der Waals surface area contributed by atoms with Crippen LogP contribution in [-0.4, -0.2) is 56.8 Å². The average molecular weight is 615 g/mol. The largest absolute Gasteiger partial charge is 0.376 e. The van der Waals surface area contributed by atoms with Gasteiger partial charge in [0.1, 0.15) is 35.2 Å². The number of rotatable bonds is 13. The molecule has 6 nitrogen and oxygen atoms in total. The van der Waals surface area contributed by atoms with Crippen molar-refractivity contribution >= 4 is 28.9 Å². The lowest BCUT2D eigenvalue weighted by Crippen LogP contribution is -2.33. The summed E-state index contributed by atoms with van der Waals surface area (Å²) >= 11 is 1.97. The van der Waals surface area contributed by atoms with Gasteiger partial charge < -0.3 is 17.9 Å². The smallest absolute Gasteiger partial charge is 0.222 e. The highest BCUT2D eigenvalue weighted by Gasteiger charge is 2.28. The van der Waals surface area contributed by atoms with Gasteiger partial charge in [0.15, 0.2) is 0 Å². The zero-order valence-electron chi connectivity index (χ0n) is 21.4. The van der Waals surface area contributed by atoms with E-state index < -0.39 is 0 Å². The van der Waals surface area contributed by atoms with Crippen LogP contribution < -0.4 is 5.32 Å². The number of halogens is 1. The number of nitrogens with zero attached hydrogens (tertiary/aromatic N) is 1. The minimum atomic E-state index is -0.0763. The number of carbonyl (C=O) groups excluding carboxylic acids is 1. The van der Waals surface area contributed by atoms with Gasteiger partial charge in [-0.15, -0.1) is 12.8 Å². The molecule has 37 heavy (non-hydrogen) atoms. The van der Waals surface area contributed by atoms with E-state index in [0.29, 0.717) is 32.7 Å². The highest BCUT2D eigenvalue weighted by Crippen LogP contribution is 2.33. The molecule has 0 aromatic heterocycles. The van der Waals surface area contributed by atoms with E-state index in [2.05, 4.69) is 53.6 Å². The SMILES string of the molecule is C#CCN(C)CCNC(=O)CCOCc1ccc(Cc2cc([C@@H]3OCCC[C@H]3OI)ccc2C#C)cc1. The lowest BCUT2D eigenvalue weighted by molar-refractivity contribution is -0.122. The van der Waals surface area contributed by atoms with Gasteiger partial charge >= 0.3 is 0 Å². The van der Waals surface area contributed by atoms with E-state index in [1.807, 2.05) is 41.0 Å². The molecule has 1 N–H and O–H groups in total. The summed E-state index contributed by atoms with van der Waals surface area (Å²) in [5.41, 5.74) is 5.31. The van der Waals surface area contributed by atoms with Crippen LogP contribution in [0.15, 0.2) is 42.5 Å². The summed E-state index contributed by atoms with van der Waals surface area (Å²) in [4.78, 5) is 13.9. The van der Waals surface area contributed by atoms with Crippen LogP contribution in [0.25, 0.3) is 0 Å². The molecule has 0 saturated carbocycles. The topological polar surface area (TPSA) is 60.0 Å². The predicted octanol–water partition coefficient (Wildman–Crippen LogP) is 4.43. The molecule has 0 unspecified atom stereocenters. The second-order valence-electron chi connectivity index (χ2n) is 9.21. The first-order valence-corrected chi connectivity index (χ1v) is 13.4. The maximum Gasteiger partial charge on any atom is 0.222 e. The predicted molar refractivity (Wildman–Crippen MR) is 154 cm³/mol. The summed E-state index contributed by atoms with van der Waals surface area (Å²) in [5.74, 6) is 5.37. The van der Waals surface area contributed by atoms with Crippen molar-refractivity contribution in [1.82, 2.24) is 10.2 Å². The fourth-order valence-electron chi connectivity index (χ4n) is 4.27. The number of terminal acetylenes is 2. The Balaban J connectivity index is 1.48. The van der Waals surface area contributed by atoms with Crippen molar-refractivity contribution in [3.8, 4) is 24.7 Å². The van der Waals surface area contributed by atoms with Gasteiger partial charge in [0.25, 0.3) is 0 Å². The number of hydrogen-bond acceptors (Lipinski definition) is 5. The Bertz CT molecular complexity index is 1090. The monoisotopic (exact) mass is 614 g/mol. The molecule has 1 heterocycles. The van der Waals surface area contributed by atoms with Crippen LogP contribution in [0.2, 0.25) is 0 Å². The van der Waals surface area contributed by atoms with E-state index >= 15 is 0 Å². The van der Waals surface area contributed by atoms with Crippen molar-refractivity contribution in [3.63, 3.8) is 0 Å². The highest BCUT2D eigenvalue weighted by atomic mass is 127. The second kappa shape index (κ2) is 15.8. The van der Waals surface area contributed by atoms with Crippen molar-refractivity contribution in [3.05, 3.63) is 70.3 Å². The zero-order chi connectivity index (χ0) is 26.5. The van der Waals surface area contributed by atoms with Crippen LogP contribution >= 0.6 is 23.0 Å². The quantitative estimate of drug-likeness (QED) is 0.206. The van der Waals surface area contributed by atoms with Crippen molar-refractivity contribution in [2.75, 3.05) is 39.9 Å². The highest BCUT2D eigenvalue weighted by molar-refractivity contribution is 14.1. The van der Waals surface area contributed by atoms with Gasteiger partial charge in [-0.05, 0) is 54.6 Å². The third-order valence-corrected chi connectivity index (χ3v) is 6.99. The minimum absolute atomic E-state index is 0.0222. The second-order valence-corrected chi connectivity index (χ2v) is 9.72. The molecule has 0 bridgehead atoms. The fraction of sp³-hybridized carbons (Fsp3) is 0.433. The summed E-state index contributed by atoms with van der Waals surface area (Å²) in [7, 11) is 1.93. The number of hydrogen-bond donors (Lipinski definition) is 1. The van der Waals surface area contributed by atoms with Crippen LogP contribution in [0.1, 0.15) is 53.2 Å². The summed E-state index contributed by atoms with van der Waals surface area (Å²) in [5, 5.41) is 2.88. The Labute approximate surface area is 235 Å². The summed E-state index contributed by atoms with van der Waals surface area (Å²) in [6.07, 6.45) is 14.1. The fourth-order valence-corrected chi connectivity index (χ4v) is 4.79. The molecule has 3 rings (SSSR count). The molecule has 2 atom stereocenters. The molecular weight excluding hydrogens is 579 g/mol. The van der Waals surface area contributed by atoms with E-state index in [9.17, 15) is 4.79 Å². The zero-order valence-corrected chi connectivity index (χ0v) is 23.5. The van der Waals surface area contributed by atoms with Crippen molar-refractivity contribution < 1.29 is 17.3 Å². The number of benzene rings is 2. The summed E-state index contributed by atoms with van der Waals surface area (Å²) in [6.45, 7) is 3.43. The lowest BCUT2D eigenvalue weighted by atomic mass is 9.92. The van der Waals surface area contributed by atoms with Gasteiger partial charge in [0.2, 0.25) is 5.91 Å². The van der Waals surface area contributed by atoms with Gasteiger partial charge in [0, 0.05) is 31.7 Å². The molecule has 1 aliphatic heterocycles. The summed E-state index contributed by atoms with van der Waals surface area (Å²) < 4.78 is 17.4. The van der Waals surface area contributed by atoms with Crippen molar-refractivity contribution in [2.24, 2.45) is 0 Å². The molecular formula is C30H35IN2O4. The van der Waals surface area contributed by atoms with E-state index in [1.165, 1.54) is 0 Å². The van der Waals surface area contributed by atoms with E-state index in [1.54, 1.807) is 0 Å². The number of amides is 1. The Kier molecular flexibility index (Phi) is 12.4. The van der Waals surface area contributed by atoms with Crippen molar-refractivity contribution in [2.45, 2.75) is 44.5 Å². The molecule has 0 spiro atoms. The van der Waals surface area contributed by atoms with Crippen LogP contribution in [0, 0.1) is 24.7 Å². The van der Waals surface area contributed by atoms with E-state index in [4.69, 9.17) is 25.4 Å². The maximum atomic E-state index is 11.9. The van der Waals surface area contributed by atoms with Crippen LogP contribution in [0.5, 0.6) is 0 Å². The lowest BCUT2D eigenvalue weighted by Gasteiger charge is -2.30. The van der Waals surface area contributed by atoms with Gasteiger partial charge in [0.05, 0.1) is 19.8 Å². The molecule has 2 aromatic carbocycles. The molecule has 1 fully saturated rings. The standard InChI is InChI=1S/C30H35IN2O4/c1-4-16-33(3)17-15-32-29(34)14-19-35-22-24-10-8-23(9-11-24)20-27-21-26(13-12-25(27)5-2)30-28(37-31)7-6-18-36-30/h1-2,8-13,21,28,30H,6-7,14-20,22H2,3H3,(H,32,34)/t28-,30+/m1/s1. The Morgan fingerprint density at radius 3 is 2.73 bits per heavy atom. The van der Waals surface area contributed by atoms with Crippen LogP contribution in [0.4, 0.5) is 0 Å². The normalized spacial score (nSPS) is 17.2. The molecule has 2 aromatic rings. The first-order chi connectivity index (χ1) is 18.0. The average Bonchev–Trinajstić information content (AvgIpc) is 2.92. The molecule has 7 heteroatoms.